The van der Waals surface area contributed by atoms with E-state index in [9.17, 15) is 4.79 Å². The third-order valence-corrected chi connectivity index (χ3v) is 4.91. The van der Waals surface area contributed by atoms with Crippen molar-refractivity contribution in [2.75, 3.05) is 39.2 Å². The van der Waals surface area contributed by atoms with E-state index < -0.39 is 0 Å². The van der Waals surface area contributed by atoms with Crippen LogP contribution in [0, 0.1) is 0 Å². The van der Waals surface area contributed by atoms with Crippen LogP contribution in [0.4, 0.5) is 5.69 Å². The van der Waals surface area contributed by atoms with E-state index in [4.69, 9.17) is 15.2 Å². The minimum Gasteiger partial charge on any atom is -0.497 e. The summed E-state index contributed by atoms with van der Waals surface area (Å²) >= 11 is 0. The second-order valence-electron chi connectivity index (χ2n) is 6.85. The summed E-state index contributed by atoms with van der Waals surface area (Å²) in [5.41, 5.74) is 6.48. The van der Waals surface area contributed by atoms with Crippen LogP contribution in [0.25, 0.3) is 0 Å². The van der Waals surface area contributed by atoms with Crippen molar-refractivity contribution in [3.63, 3.8) is 0 Å². The SMILES string of the molecule is COc1cc(NC2CCN(C(=O)CCCCCCN)CC2)cc(OC)c1. The first-order valence-electron chi connectivity index (χ1n) is 9.63. The summed E-state index contributed by atoms with van der Waals surface area (Å²) in [6.07, 6.45) is 6.83. The van der Waals surface area contributed by atoms with Crippen molar-refractivity contribution >= 4 is 11.6 Å². The molecule has 146 valence electrons. The van der Waals surface area contributed by atoms with Crippen LogP contribution < -0.4 is 20.5 Å². The molecule has 3 N–H and O–H groups in total. The Morgan fingerprint density at radius 2 is 1.69 bits per heavy atom. The molecule has 0 spiro atoms. The van der Waals surface area contributed by atoms with E-state index in [1.165, 1.54) is 0 Å². The molecule has 0 saturated carbocycles. The number of carbonyl (C=O) groups is 1. The molecule has 26 heavy (non-hydrogen) atoms. The van der Waals surface area contributed by atoms with Crippen molar-refractivity contribution in [2.24, 2.45) is 5.73 Å². The largest absolute Gasteiger partial charge is 0.497 e. The zero-order valence-corrected chi connectivity index (χ0v) is 16.1. The van der Waals surface area contributed by atoms with Gasteiger partial charge >= 0.3 is 0 Å². The molecule has 0 aliphatic carbocycles. The van der Waals surface area contributed by atoms with Crippen molar-refractivity contribution in [2.45, 2.75) is 51.0 Å². The highest BCUT2D eigenvalue weighted by Crippen LogP contribution is 2.27. The second kappa shape index (κ2) is 10.9. The quantitative estimate of drug-likeness (QED) is 0.625. The highest BCUT2D eigenvalue weighted by molar-refractivity contribution is 5.76. The van der Waals surface area contributed by atoms with Gasteiger partial charge < -0.3 is 25.4 Å². The van der Waals surface area contributed by atoms with Gasteiger partial charge in [0.05, 0.1) is 14.2 Å². The molecule has 1 aliphatic rings. The lowest BCUT2D eigenvalue weighted by atomic mass is 10.0. The van der Waals surface area contributed by atoms with Crippen LogP contribution in [0.3, 0.4) is 0 Å². The number of unbranched alkanes of at least 4 members (excludes halogenated alkanes) is 3. The van der Waals surface area contributed by atoms with Crippen LogP contribution in [-0.4, -0.2) is 50.7 Å². The summed E-state index contributed by atoms with van der Waals surface area (Å²) in [5.74, 6) is 1.84. The molecule has 1 amide bonds. The number of carbonyl (C=O) groups excluding carboxylic acids is 1. The number of amides is 1. The Hall–Kier alpha value is -1.95. The summed E-state index contributed by atoms with van der Waals surface area (Å²) in [5, 5.41) is 3.55. The molecule has 1 fully saturated rings. The van der Waals surface area contributed by atoms with E-state index in [0.717, 1.165) is 75.3 Å². The number of piperidine rings is 1. The number of benzene rings is 1. The van der Waals surface area contributed by atoms with Gasteiger partial charge in [0.15, 0.2) is 0 Å². The maximum Gasteiger partial charge on any atom is 0.222 e. The number of hydrogen-bond acceptors (Lipinski definition) is 5. The molecular formula is C20H33N3O3. The Bertz CT molecular complexity index is 535. The summed E-state index contributed by atoms with van der Waals surface area (Å²) in [6, 6.07) is 6.17. The third kappa shape index (κ3) is 6.41. The van der Waals surface area contributed by atoms with E-state index in [0.29, 0.717) is 18.4 Å². The normalized spacial score (nSPS) is 15.0. The summed E-state index contributed by atoms with van der Waals surface area (Å²) in [6.45, 7) is 2.38. The number of anilines is 1. The van der Waals surface area contributed by atoms with Crippen molar-refractivity contribution in [1.29, 1.82) is 0 Å². The van der Waals surface area contributed by atoms with Gasteiger partial charge in [-0.15, -0.1) is 0 Å². The number of nitrogens with one attached hydrogen (secondary N) is 1. The first-order valence-corrected chi connectivity index (χ1v) is 9.63. The van der Waals surface area contributed by atoms with Crippen LogP contribution in [0.1, 0.15) is 44.9 Å². The van der Waals surface area contributed by atoms with Gasteiger partial charge in [0, 0.05) is 49.4 Å². The lowest BCUT2D eigenvalue weighted by Gasteiger charge is -2.33. The third-order valence-electron chi connectivity index (χ3n) is 4.91. The van der Waals surface area contributed by atoms with Gasteiger partial charge in [-0.05, 0) is 32.2 Å². The highest BCUT2D eigenvalue weighted by Gasteiger charge is 2.22. The molecule has 6 nitrogen and oxygen atoms in total. The average molecular weight is 364 g/mol. The van der Waals surface area contributed by atoms with Crippen molar-refractivity contribution in [3.8, 4) is 11.5 Å². The molecular weight excluding hydrogens is 330 g/mol. The van der Waals surface area contributed by atoms with Gasteiger partial charge in [0.25, 0.3) is 0 Å². The fraction of sp³-hybridized carbons (Fsp3) is 0.650. The summed E-state index contributed by atoms with van der Waals surface area (Å²) < 4.78 is 10.6. The van der Waals surface area contributed by atoms with E-state index in [1.54, 1.807) is 14.2 Å². The highest BCUT2D eigenvalue weighted by atomic mass is 16.5. The number of likely N-dealkylation sites (tertiary alicyclic amines) is 1. The molecule has 1 aromatic carbocycles. The van der Waals surface area contributed by atoms with Crippen LogP contribution in [0.15, 0.2) is 18.2 Å². The van der Waals surface area contributed by atoms with E-state index in [2.05, 4.69) is 5.32 Å². The summed E-state index contributed by atoms with van der Waals surface area (Å²) in [7, 11) is 3.30. The number of rotatable bonds is 10. The molecule has 0 atom stereocenters. The predicted octanol–water partition coefficient (Wildman–Crippen LogP) is 3.02. The number of nitrogens with zero attached hydrogens (tertiary/aromatic N) is 1. The van der Waals surface area contributed by atoms with Crippen LogP contribution >= 0.6 is 0 Å². The minimum absolute atomic E-state index is 0.291. The molecule has 2 rings (SSSR count). The van der Waals surface area contributed by atoms with Gasteiger partial charge in [-0.25, -0.2) is 0 Å². The van der Waals surface area contributed by atoms with E-state index >= 15 is 0 Å². The van der Waals surface area contributed by atoms with Gasteiger partial charge in [0.1, 0.15) is 11.5 Å². The van der Waals surface area contributed by atoms with Crippen LogP contribution in [-0.2, 0) is 4.79 Å². The maximum atomic E-state index is 12.3. The lowest BCUT2D eigenvalue weighted by Crippen LogP contribution is -2.42. The number of methoxy groups -OCH3 is 2. The fourth-order valence-corrected chi connectivity index (χ4v) is 3.33. The number of hydrogen-bond donors (Lipinski definition) is 2. The van der Waals surface area contributed by atoms with Gasteiger partial charge in [0.2, 0.25) is 5.91 Å². The molecule has 1 aliphatic heterocycles. The molecule has 1 aromatic rings. The Balaban J connectivity index is 1.75. The van der Waals surface area contributed by atoms with E-state index in [-0.39, 0.29) is 0 Å². The topological polar surface area (TPSA) is 76.8 Å². The monoisotopic (exact) mass is 363 g/mol. The summed E-state index contributed by atoms with van der Waals surface area (Å²) in [4.78, 5) is 14.3. The predicted molar refractivity (Wildman–Crippen MR) is 105 cm³/mol. The Morgan fingerprint density at radius 1 is 1.08 bits per heavy atom. The van der Waals surface area contributed by atoms with E-state index in [1.807, 2.05) is 23.1 Å². The first-order chi connectivity index (χ1) is 12.7. The zero-order valence-electron chi connectivity index (χ0n) is 16.1. The standard InChI is InChI=1S/C20H33N3O3/c1-25-18-13-17(14-19(15-18)26-2)22-16-8-11-23(12-9-16)20(24)7-5-3-4-6-10-21/h13-16,22H,3-12,21H2,1-2H3. The Kier molecular flexibility index (Phi) is 8.54. The fourth-order valence-electron chi connectivity index (χ4n) is 3.33. The molecule has 0 radical (unpaired) electrons. The van der Waals surface area contributed by atoms with Gasteiger partial charge in [-0.1, -0.05) is 12.8 Å². The first kappa shape index (κ1) is 20.4. The molecule has 0 bridgehead atoms. The number of ether oxygens (including phenoxy) is 2. The lowest BCUT2D eigenvalue weighted by molar-refractivity contribution is -0.132. The van der Waals surface area contributed by atoms with Gasteiger partial charge in [-0.3, -0.25) is 4.79 Å². The molecule has 0 aromatic heterocycles. The second-order valence-corrected chi connectivity index (χ2v) is 6.85. The van der Waals surface area contributed by atoms with Gasteiger partial charge in [-0.2, -0.15) is 0 Å². The Morgan fingerprint density at radius 3 is 2.27 bits per heavy atom. The molecule has 0 unspecified atom stereocenters. The minimum atomic E-state index is 0.291. The molecule has 6 heteroatoms. The van der Waals surface area contributed by atoms with Crippen LogP contribution in [0.2, 0.25) is 0 Å². The van der Waals surface area contributed by atoms with Crippen molar-refractivity contribution in [1.82, 2.24) is 4.90 Å². The number of nitrogens with two attached hydrogens (primary N) is 1. The molecule has 1 saturated heterocycles. The zero-order chi connectivity index (χ0) is 18.8. The van der Waals surface area contributed by atoms with Crippen LogP contribution in [0.5, 0.6) is 11.5 Å². The maximum absolute atomic E-state index is 12.3. The average Bonchev–Trinajstić information content (AvgIpc) is 2.67. The molecule has 1 heterocycles. The smallest absolute Gasteiger partial charge is 0.222 e. The van der Waals surface area contributed by atoms with Crippen molar-refractivity contribution in [3.05, 3.63) is 18.2 Å². The Labute approximate surface area is 157 Å². The van der Waals surface area contributed by atoms with Crippen molar-refractivity contribution < 1.29 is 14.3 Å².